The Kier molecular flexibility index (Phi) is 4.42. The Hall–Kier alpha value is -2.29. The molecule has 1 unspecified atom stereocenters. The van der Waals surface area contributed by atoms with Crippen LogP contribution in [0.4, 0.5) is 5.69 Å². The van der Waals surface area contributed by atoms with Crippen molar-refractivity contribution in [2.45, 2.75) is 32.4 Å². The lowest BCUT2D eigenvalue weighted by Crippen LogP contribution is -2.47. The summed E-state index contributed by atoms with van der Waals surface area (Å²) in [6.45, 7) is 3.63. The summed E-state index contributed by atoms with van der Waals surface area (Å²) in [6.07, 6.45) is 1.45. The largest absolute Gasteiger partial charge is 0.365 e. The fourth-order valence-corrected chi connectivity index (χ4v) is 3.07. The van der Waals surface area contributed by atoms with Crippen molar-refractivity contribution in [2.75, 3.05) is 11.4 Å². The number of amides is 1. The van der Waals surface area contributed by atoms with Crippen molar-refractivity contribution >= 4 is 11.6 Å². The zero-order valence-corrected chi connectivity index (χ0v) is 13.0. The van der Waals surface area contributed by atoms with Gasteiger partial charge in [0.2, 0.25) is 5.91 Å². The molecule has 2 aromatic carbocycles. The van der Waals surface area contributed by atoms with Crippen molar-refractivity contribution in [3.63, 3.8) is 0 Å². The molecule has 0 saturated carbocycles. The number of benzene rings is 2. The van der Waals surface area contributed by atoms with Gasteiger partial charge in [0, 0.05) is 25.2 Å². The van der Waals surface area contributed by atoms with Gasteiger partial charge in [0.05, 0.1) is 6.04 Å². The second-order valence-corrected chi connectivity index (χ2v) is 5.82. The summed E-state index contributed by atoms with van der Waals surface area (Å²) in [6, 6.07) is 19.2. The molecule has 1 N–H and O–H groups in total. The molecule has 0 aliphatic carbocycles. The minimum absolute atomic E-state index is 0.129. The zero-order valence-electron chi connectivity index (χ0n) is 13.0. The van der Waals surface area contributed by atoms with E-state index in [1.807, 2.05) is 13.0 Å². The number of hydrogen-bond donors (Lipinski definition) is 1. The number of carbonyl (C=O) groups is 1. The topological polar surface area (TPSA) is 32.3 Å². The lowest BCUT2D eigenvalue weighted by atomic mass is 9.97. The smallest absolute Gasteiger partial charge is 0.220 e. The van der Waals surface area contributed by atoms with Crippen molar-refractivity contribution in [1.82, 2.24) is 5.32 Å². The van der Waals surface area contributed by atoms with Crippen LogP contribution in [0.15, 0.2) is 54.6 Å². The Bertz CT molecular complexity index is 639. The summed E-state index contributed by atoms with van der Waals surface area (Å²) in [5.74, 6) is 0.129. The lowest BCUT2D eigenvalue weighted by molar-refractivity contribution is -0.121. The molecule has 1 amide bonds. The molecular formula is C19H22N2O. The Balaban J connectivity index is 1.82. The van der Waals surface area contributed by atoms with E-state index in [1.54, 1.807) is 0 Å². The van der Waals surface area contributed by atoms with E-state index >= 15 is 0 Å². The van der Waals surface area contributed by atoms with E-state index in [-0.39, 0.29) is 11.9 Å². The third-order valence-electron chi connectivity index (χ3n) is 4.14. The molecule has 1 heterocycles. The maximum Gasteiger partial charge on any atom is 0.220 e. The third-order valence-corrected chi connectivity index (χ3v) is 4.14. The van der Waals surface area contributed by atoms with Crippen molar-refractivity contribution in [3.8, 4) is 0 Å². The van der Waals surface area contributed by atoms with Crippen LogP contribution in [0.25, 0.3) is 0 Å². The summed E-state index contributed by atoms with van der Waals surface area (Å²) in [5.41, 5.74) is 3.89. The van der Waals surface area contributed by atoms with Crippen LogP contribution in [0.2, 0.25) is 0 Å². The van der Waals surface area contributed by atoms with E-state index in [2.05, 4.69) is 58.7 Å². The number of carbonyl (C=O) groups excluding carboxylic acids is 1. The van der Waals surface area contributed by atoms with Gasteiger partial charge in [-0.05, 0) is 23.6 Å². The molecule has 1 atom stereocenters. The summed E-state index contributed by atoms with van der Waals surface area (Å²) < 4.78 is 0. The first kappa shape index (κ1) is 14.6. The highest BCUT2D eigenvalue weighted by molar-refractivity contribution is 5.76. The molecule has 3 nitrogen and oxygen atoms in total. The minimum Gasteiger partial charge on any atom is -0.365 e. The van der Waals surface area contributed by atoms with E-state index < -0.39 is 0 Å². The standard InChI is InChI=1S/C19H22N2O/c1-2-19(22)20-17-12-16-10-6-7-11-18(16)21(14-17)13-15-8-4-3-5-9-15/h3-11,17H,2,12-14H2,1H3,(H,20,22). The van der Waals surface area contributed by atoms with Crippen molar-refractivity contribution in [3.05, 3.63) is 65.7 Å². The van der Waals surface area contributed by atoms with Gasteiger partial charge in [-0.2, -0.15) is 0 Å². The molecule has 0 bridgehead atoms. The quantitative estimate of drug-likeness (QED) is 0.939. The molecule has 3 heteroatoms. The van der Waals surface area contributed by atoms with E-state index in [0.717, 1.165) is 19.5 Å². The highest BCUT2D eigenvalue weighted by Crippen LogP contribution is 2.28. The molecule has 0 spiro atoms. The molecule has 3 rings (SSSR count). The fraction of sp³-hybridized carbons (Fsp3) is 0.316. The van der Waals surface area contributed by atoms with Crippen LogP contribution in [0.3, 0.4) is 0 Å². The molecule has 0 radical (unpaired) electrons. The number of nitrogens with zero attached hydrogens (tertiary/aromatic N) is 1. The van der Waals surface area contributed by atoms with Gasteiger partial charge in [0.1, 0.15) is 0 Å². The first-order valence-corrected chi connectivity index (χ1v) is 7.92. The second-order valence-electron chi connectivity index (χ2n) is 5.82. The number of para-hydroxylation sites is 1. The van der Waals surface area contributed by atoms with Crippen LogP contribution in [0.1, 0.15) is 24.5 Å². The number of anilines is 1. The van der Waals surface area contributed by atoms with Gasteiger partial charge >= 0.3 is 0 Å². The van der Waals surface area contributed by atoms with Crippen LogP contribution in [0.5, 0.6) is 0 Å². The van der Waals surface area contributed by atoms with E-state index in [4.69, 9.17) is 0 Å². The molecule has 1 aliphatic heterocycles. The Morgan fingerprint density at radius 1 is 1.14 bits per heavy atom. The fourth-order valence-electron chi connectivity index (χ4n) is 3.07. The lowest BCUT2D eigenvalue weighted by Gasteiger charge is -2.36. The van der Waals surface area contributed by atoms with Gasteiger partial charge in [-0.15, -0.1) is 0 Å². The number of hydrogen-bond acceptors (Lipinski definition) is 2. The van der Waals surface area contributed by atoms with Crippen molar-refractivity contribution in [2.24, 2.45) is 0 Å². The van der Waals surface area contributed by atoms with E-state index in [0.29, 0.717) is 6.42 Å². The van der Waals surface area contributed by atoms with Crippen LogP contribution >= 0.6 is 0 Å². The average molecular weight is 294 g/mol. The Labute approximate surface area is 132 Å². The summed E-state index contributed by atoms with van der Waals surface area (Å²) in [4.78, 5) is 14.1. The number of fused-ring (bicyclic) bond motifs is 1. The van der Waals surface area contributed by atoms with Crippen LogP contribution in [0, 0.1) is 0 Å². The van der Waals surface area contributed by atoms with Gasteiger partial charge in [-0.3, -0.25) is 4.79 Å². The van der Waals surface area contributed by atoms with Crippen molar-refractivity contribution < 1.29 is 4.79 Å². The van der Waals surface area contributed by atoms with E-state index in [1.165, 1.54) is 16.8 Å². The molecule has 114 valence electrons. The molecule has 0 fully saturated rings. The molecule has 1 aliphatic rings. The second kappa shape index (κ2) is 6.65. The first-order valence-electron chi connectivity index (χ1n) is 7.92. The monoisotopic (exact) mass is 294 g/mol. The Morgan fingerprint density at radius 2 is 1.86 bits per heavy atom. The van der Waals surface area contributed by atoms with E-state index in [9.17, 15) is 4.79 Å². The summed E-state index contributed by atoms with van der Waals surface area (Å²) >= 11 is 0. The maximum atomic E-state index is 11.7. The highest BCUT2D eigenvalue weighted by Gasteiger charge is 2.24. The third kappa shape index (κ3) is 3.30. The molecule has 0 saturated heterocycles. The van der Waals surface area contributed by atoms with Gasteiger partial charge in [-0.1, -0.05) is 55.5 Å². The van der Waals surface area contributed by atoms with Gasteiger partial charge in [0.15, 0.2) is 0 Å². The zero-order chi connectivity index (χ0) is 15.4. The van der Waals surface area contributed by atoms with Crippen LogP contribution in [-0.4, -0.2) is 18.5 Å². The summed E-state index contributed by atoms with van der Waals surface area (Å²) in [7, 11) is 0. The first-order chi connectivity index (χ1) is 10.8. The van der Waals surface area contributed by atoms with Crippen LogP contribution < -0.4 is 10.2 Å². The molecule has 22 heavy (non-hydrogen) atoms. The summed E-state index contributed by atoms with van der Waals surface area (Å²) in [5, 5.41) is 3.14. The predicted octanol–water partition coefficient (Wildman–Crippen LogP) is 3.14. The molecule has 2 aromatic rings. The number of rotatable bonds is 4. The van der Waals surface area contributed by atoms with Crippen LogP contribution in [-0.2, 0) is 17.8 Å². The predicted molar refractivity (Wildman–Crippen MR) is 89.9 cm³/mol. The SMILES string of the molecule is CCC(=O)NC1Cc2ccccc2N(Cc2ccccc2)C1. The highest BCUT2D eigenvalue weighted by atomic mass is 16.1. The average Bonchev–Trinajstić information content (AvgIpc) is 2.55. The van der Waals surface area contributed by atoms with Gasteiger partial charge in [-0.25, -0.2) is 0 Å². The minimum atomic E-state index is 0.129. The molecule has 0 aromatic heterocycles. The van der Waals surface area contributed by atoms with Crippen molar-refractivity contribution in [1.29, 1.82) is 0 Å². The normalized spacial score (nSPS) is 17.0. The molecular weight excluding hydrogens is 272 g/mol. The Morgan fingerprint density at radius 3 is 2.64 bits per heavy atom. The van der Waals surface area contributed by atoms with Gasteiger partial charge < -0.3 is 10.2 Å². The van der Waals surface area contributed by atoms with Gasteiger partial charge in [0.25, 0.3) is 0 Å². The maximum absolute atomic E-state index is 11.7. The number of nitrogens with one attached hydrogen (secondary N) is 1.